The number of amides is 1. The first-order valence-corrected chi connectivity index (χ1v) is 13.3. The summed E-state index contributed by atoms with van der Waals surface area (Å²) in [4.78, 5) is 21.2. The van der Waals surface area contributed by atoms with Crippen molar-refractivity contribution in [1.29, 1.82) is 0 Å². The number of benzene rings is 2. The van der Waals surface area contributed by atoms with Crippen LogP contribution < -0.4 is 0 Å². The van der Waals surface area contributed by atoms with E-state index in [1.54, 1.807) is 11.3 Å². The summed E-state index contributed by atoms with van der Waals surface area (Å²) < 4.78 is 2.07. The number of fused-ring (bicyclic) bond motifs is 1. The van der Waals surface area contributed by atoms with E-state index in [1.165, 1.54) is 16.2 Å². The van der Waals surface area contributed by atoms with Gasteiger partial charge in [-0.05, 0) is 42.1 Å². The lowest BCUT2D eigenvalue weighted by atomic mass is 10.1. The highest BCUT2D eigenvalue weighted by atomic mass is 35.5. The summed E-state index contributed by atoms with van der Waals surface area (Å²) in [6, 6.07) is 19.4. The van der Waals surface area contributed by atoms with Gasteiger partial charge >= 0.3 is 0 Å². The normalized spacial score (nSPS) is 15.3. The number of hydrogen-bond donors (Lipinski definition) is 0. The van der Waals surface area contributed by atoms with Gasteiger partial charge in [0.15, 0.2) is 11.6 Å². The fourth-order valence-corrected chi connectivity index (χ4v) is 6.22. The monoisotopic (exact) mass is 517 g/mol. The Kier molecular flexibility index (Phi) is 5.72. The Labute approximate surface area is 215 Å². The molecule has 1 atom stereocenters. The second-order valence-electron chi connectivity index (χ2n) is 8.28. The Balaban J connectivity index is 1.24. The molecule has 0 radical (unpaired) electrons. The zero-order valence-electron chi connectivity index (χ0n) is 18.8. The van der Waals surface area contributed by atoms with Crippen LogP contribution >= 0.6 is 34.3 Å². The van der Waals surface area contributed by atoms with Gasteiger partial charge in [-0.25, -0.2) is 4.98 Å². The Hall–Kier alpha value is -3.33. The lowest BCUT2D eigenvalue weighted by molar-refractivity contribution is 0.0638. The fraction of sp³-hybridized carbons (Fsp3) is 0.154. The number of carbonyl (C=O) groups is 1. The van der Waals surface area contributed by atoms with E-state index in [9.17, 15) is 4.79 Å². The Morgan fingerprint density at radius 1 is 1.00 bits per heavy atom. The van der Waals surface area contributed by atoms with Crippen LogP contribution in [-0.2, 0) is 6.54 Å². The van der Waals surface area contributed by atoms with Crippen LogP contribution in [0.15, 0.2) is 71.4 Å². The van der Waals surface area contributed by atoms with Crippen LogP contribution in [0.2, 0.25) is 5.02 Å². The van der Waals surface area contributed by atoms with Crippen LogP contribution in [0.25, 0.3) is 32.5 Å². The van der Waals surface area contributed by atoms with Gasteiger partial charge in [0.2, 0.25) is 0 Å². The second-order valence-corrected chi connectivity index (χ2v) is 10.5. The van der Waals surface area contributed by atoms with Gasteiger partial charge in [-0.1, -0.05) is 48.0 Å². The topological polar surface area (TPSA) is 63.9 Å². The van der Waals surface area contributed by atoms with E-state index in [2.05, 4.69) is 26.2 Å². The average molecular weight is 518 g/mol. The molecule has 1 aliphatic heterocycles. The van der Waals surface area contributed by atoms with E-state index in [0.29, 0.717) is 29.5 Å². The number of thiophene rings is 1. The van der Waals surface area contributed by atoms with Crippen molar-refractivity contribution in [3.05, 3.63) is 87.8 Å². The molecule has 174 valence electrons. The van der Waals surface area contributed by atoms with Crippen LogP contribution in [0.1, 0.15) is 29.1 Å². The number of aromatic nitrogens is 4. The minimum Gasteiger partial charge on any atom is -0.327 e. The summed E-state index contributed by atoms with van der Waals surface area (Å²) in [7, 11) is 0. The third kappa shape index (κ3) is 3.97. The molecule has 0 aliphatic carbocycles. The lowest BCUT2D eigenvalue weighted by Gasteiger charge is -2.33. The van der Waals surface area contributed by atoms with Crippen LogP contribution in [0.3, 0.4) is 0 Å². The molecule has 0 bridgehead atoms. The van der Waals surface area contributed by atoms with Crippen LogP contribution in [0.5, 0.6) is 0 Å². The van der Waals surface area contributed by atoms with Crippen LogP contribution in [0, 0.1) is 0 Å². The van der Waals surface area contributed by atoms with E-state index >= 15 is 0 Å². The largest absolute Gasteiger partial charge is 0.327 e. The molecule has 1 aliphatic rings. The van der Waals surface area contributed by atoms with E-state index < -0.39 is 0 Å². The molecule has 35 heavy (non-hydrogen) atoms. The number of carbonyl (C=O) groups excluding carboxylic acids is 1. The highest BCUT2D eigenvalue weighted by molar-refractivity contribution is 7.13. The van der Waals surface area contributed by atoms with Crippen molar-refractivity contribution < 1.29 is 4.79 Å². The SMILES string of the molecule is CC1c2nnc(-c3csc(-c4ccccc4Cl)n3)n2CCN1C(=O)c1ccc(-c2cccs2)cc1. The van der Waals surface area contributed by atoms with Gasteiger partial charge in [0.05, 0.1) is 11.1 Å². The Bertz CT molecular complexity index is 1510. The summed E-state index contributed by atoms with van der Waals surface area (Å²) in [6.07, 6.45) is 0. The smallest absolute Gasteiger partial charge is 0.254 e. The number of halogens is 1. The van der Waals surface area contributed by atoms with Gasteiger partial charge in [0, 0.05) is 34.5 Å². The van der Waals surface area contributed by atoms with Crippen LogP contribution in [-0.4, -0.2) is 37.1 Å². The molecular weight excluding hydrogens is 498 g/mol. The van der Waals surface area contributed by atoms with Crippen molar-refractivity contribution in [1.82, 2.24) is 24.6 Å². The summed E-state index contributed by atoms with van der Waals surface area (Å²) in [5, 5.41) is 14.4. The Morgan fingerprint density at radius 3 is 2.60 bits per heavy atom. The van der Waals surface area contributed by atoms with Gasteiger partial charge < -0.3 is 9.47 Å². The van der Waals surface area contributed by atoms with Crippen molar-refractivity contribution >= 4 is 40.2 Å². The first-order valence-electron chi connectivity index (χ1n) is 11.2. The zero-order chi connectivity index (χ0) is 23.9. The number of hydrogen-bond acceptors (Lipinski definition) is 6. The molecule has 4 heterocycles. The predicted molar refractivity (Wildman–Crippen MR) is 141 cm³/mol. The summed E-state index contributed by atoms with van der Waals surface area (Å²) in [5.74, 6) is 1.48. The summed E-state index contributed by atoms with van der Waals surface area (Å²) in [5.41, 5.74) is 3.46. The van der Waals surface area contributed by atoms with Crippen molar-refractivity contribution in [3.8, 4) is 32.5 Å². The minimum absolute atomic E-state index is 0.000642. The van der Waals surface area contributed by atoms with E-state index in [4.69, 9.17) is 16.6 Å². The number of thiazole rings is 1. The summed E-state index contributed by atoms with van der Waals surface area (Å²) in [6.45, 7) is 3.18. The Morgan fingerprint density at radius 2 is 1.83 bits per heavy atom. The highest BCUT2D eigenvalue weighted by Gasteiger charge is 2.32. The molecule has 0 saturated carbocycles. The molecular formula is C26H20ClN5OS2. The maximum Gasteiger partial charge on any atom is 0.254 e. The zero-order valence-corrected chi connectivity index (χ0v) is 21.1. The molecule has 0 spiro atoms. The molecule has 0 fully saturated rings. The summed E-state index contributed by atoms with van der Waals surface area (Å²) >= 11 is 9.57. The molecule has 0 saturated heterocycles. The first kappa shape index (κ1) is 22.2. The van der Waals surface area contributed by atoms with Crippen molar-refractivity contribution in [3.63, 3.8) is 0 Å². The van der Waals surface area contributed by atoms with E-state index in [1.807, 2.05) is 71.8 Å². The first-order chi connectivity index (χ1) is 17.1. The number of rotatable bonds is 4. The van der Waals surface area contributed by atoms with Crippen LogP contribution in [0.4, 0.5) is 0 Å². The van der Waals surface area contributed by atoms with Gasteiger partial charge in [0.1, 0.15) is 10.7 Å². The quantitative estimate of drug-likeness (QED) is 0.267. The molecule has 5 aromatic rings. The minimum atomic E-state index is -0.198. The van der Waals surface area contributed by atoms with Gasteiger partial charge in [-0.3, -0.25) is 4.79 Å². The molecule has 2 aromatic carbocycles. The molecule has 6 nitrogen and oxygen atoms in total. The highest BCUT2D eigenvalue weighted by Crippen LogP contribution is 2.35. The van der Waals surface area contributed by atoms with Crippen molar-refractivity contribution in [2.24, 2.45) is 0 Å². The average Bonchev–Trinajstić information content (AvgIpc) is 3.65. The standard InChI is InChI=1S/C26H20ClN5OS2/c1-16-23-29-30-24(21-15-35-25(28-21)19-5-2-3-6-20(19)27)32(23)13-12-31(16)26(33)18-10-8-17(9-11-18)22-7-4-14-34-22/h2-11,14-16H,12-13H2,1H3. The van der Waals surface area contributed by atoms with E-state index in [0.717, 1.165) is 27.7 Å². The molecule has 3 aromatic heterocycles. The fourth-order valence-electron chi connectivity index (χ4n) is 4.37. The van der Waals surface area contributed by atoms with E-state index in [-0.39, 0.29) is 11.9 Å². The maximum absolute atomic E-state index is 13.3. The third-order valence-electron chi connectivity index (χ3n) is 6.22. The van der Waals surface area contributed by atoms with Gasteiger partial charge in [-0.15, -0.1) is 32.9 Å². The van der Waals surface area contributed by atoms with Gasteiger partial charge in [-0.2, -0.15) is 0 Å². The molecule has 0 N–H and O–H groups in total. The predicted octanol–water partition coefficient (Wildman–Crippen LogP) is 6.67. The second kappa shape index (κ2) is 9.03. The third-order valence-corrected chi connectivity index (χ3v) is 8.35. The van der Waals surface area contributed by atoms with Crippen molar-refractivity contribution in [2.75, 3.05) is 6.54 Å². The molecule has 6 rings (SSSR count). The maximum atomic E-state index is 13.3. The number of nitrogens with zero attached hydrogens (tertiary/aromatic N) is 5. The molecule has 9 heteroatoms. The van der Waals surface area contributed by atoms with Gasteiger partial charge in [0.25, 0.3) is 5.91 Å². The van der Waals surface area contributed by atoms with Crippen molar-refractivity contribution in [2.45, 2.75) is 19.5 Å². The lowest BCUT2D eigenvalue weighted by Crippen LogP contribution is -2.41. The molecule has 1 unspecified atom stereocenters. The molecule has 1 amide bonds.